The molecule has 90 valence electrons. The van der Waals surface area contributed by atoms with Crippen LogP contribution in [0.2, 0.25) is 0 Å². The lowest BCUT2D eigenvalue weighted by Crippen LogP contribution is -2.09. The first kappa shape index (κ1) is 13.6. The summed E-state index contributed by atoms with van der Waals surface area (Å²) >= 11 is 3.28. The van der Waals surface area contributed by atoms with Crippen LogP contribution in [-0.2, 0) is 9.05 Å². The molecular formula is C9H10BrClO4S. The third-order valence-electron chi connectivity index (χ3n) is 1.71. The highest BCUT2D eigenvalue weighted by Crippen LogP contribution is 2.30. The molecule has 0 N–H and O–H groups in total. The Kier molecular flexibility index (Phi) is 4.89. The SMILES string of the molecule is COc1cc(Br)ccc1OCCS(=O)(=O)Cl. The van der Waals surface area contributed by atoms with Crippen LogP contribution < -0.4 is 9.47 Å². The van der Waals surface area contributed by atoms with Crippen LogP contribution in [0.25, 0.3) is 0 Å². The van der Waals surface area contributed by atoms with E-state index in [1.165, 1.54) is 7.11 Å². The molecule has 0 unspecified atom stereocenters. The third-order valence-corrected chi connectivity index (χ3v) is 3.32. The zero-order valence-electron chi connectivity index (χ0n) is 8.44. The molecule has 0 fully saturated rings. The Balaban J connectivity index is 2.67. The maximum atomic E-state index is 10.7. The second-order valence-electron chi connectivity index (χ2n) is 2.89. The second-order valence-corrected chi connectivity index (χ2v) is 6.70. The minimum absolute atomic E-state index is 0.0101. The number of halogens is 2. The number of hydrogen-bond acceptors (Lipinski definition) is 4. The zero-order valence-corrected chi connectivity index (χ0v) is 11.6. The van der Waals surface area contributed by atoms with Crippen LogP contribution in [-0.4, -0.2) is 27.9 Å². The van der Waals surface area contributed by atoms with Crippen LogP contribution in [0.1, 0.15) is 0 Å². The lowest BCUT2D eigenvalue weighted by atomic mass is 10.3. The Bertz CT molecular complexity index is 461. The van der Waals surface area contributed by atoms with Crippen molar-refractivity contribution in [3.05, 3.63) is 22.7 Å². The molecule has 1 aromatic rings. The van der Waals surface area contributed by atoms with E-state index < -0.39 is 9.05 Å². The number of hydrogen-bond donors (Lipinski definition) is 0. The van der Waals surface area contributed by atoms with Gasteiger partial charge in [0.05, 0.1) is 12.9 Å². The molecule has 0 aliphatic heterocycles. The van der Waals surface area contributed by atoms with E-state index in [1.807, 2.05) is 0 Å². The molecule has 0 spiro atoms. The van der Waals surface area contributed by atoms with Gasteiger partial charge >= 0.3 is 0 Å². The summed E-state index contributed by atoms with van der Waals surface area (Å²) in [7, 11) is 3.03. The second kappa shape index (κ2) is 5.75. The monoisotopic (exact) mass is 328 g/mol. The Labute approximate surface area is 107 Å². The van der Waals surface area contributed by atoms with Gasteiger partial charge in [-0.25, -0.2) is 8.42 Å². The summed E-state index contributed by atoms with van der Waals surface area (Å²) in [5.74, 6) is 0.765. The normalized spacial score (nSPS) is 11.2. The smallest absolute Gasteiger partial charge is 0.235 e. The van der Waals surface area contributed by atoms with Crippen molar-refractivity contribution in [3.8, 4) is 11.5 Å². The van der Waals surface area contributed by atoms with E-state index in [0.29, 0.717) is 11.5 Å². The Hall–Kier alpha value is -0.460. The first-order chi connectivity index (χ1) is 7.42. The predicted molar refractivity (Wildman–Crippen MR) is 65.8 cm³/mol. The minimum Gasteiger partial charge on any atom is -0.493 e. The van der Waals surface area contributed by atoms with Crippen molar-refractivity contribution in [2.24, 2.45) is 0 Å². The zero-order chi connectivity index (χ0) is 12.2. The van der Waals surface area contributed by atoms with E-state index >= 15 is 0 Å². The molecule has 0 amide bonds. The summed E-state index contributed by atoms with van der Waals surface area (Å²) in [5.41, 5.74) is 0. The highest BCUT2D eigenvalue weighted by molar-refractivity contribution is 9.10. The molecule has 0 radical (unpaired) electrons. The van der Waals surface area contributed by atoms with Gasteiger partial charge in [0.1, 0.15) is 6.61 Å². The van der Waals surface area contributed by atoms with Crippen molar-refractivity contribution < 1.29 is 17.9 Å². The maximum Gasteiger partial charge on any atom is 0.235 e. The summed E-state index contributed by atoms with van der Waals surface area (Å²) in [6, 6.07) is 5.18. The van der Waals surface area contributed by atoms with Gasteiger partial charge in [0.15, 0.2) is 11.5 Å². The summed E-state index contributed by atoms with van der Waals surface area (Å²) in [4.78, 5) is 0. The first-order valence-electron chi connectivity index (χ1n) is 4.31. The van der Waals surface area contributed by atoms with Gasteiger partial charge in [0.2, 0.25) is 9.05 Å². The molecule has 1 rings (SSSR count). The molecule has 0 aromatic heterocycles. The van der Waals surface area contributed by atoms with Crippen molar-refractivity contribution in [2.75, 3.05) is 19.5 Å². The quantitative estimate of drug-likeness (QED) is 0.779. The fourth-order valence-electron chi connectivity index (χ4n) is 1.01. The van der Waals surface area contributed by atoms with E-state index in [-0.39, 0.29) is 12.4 Å². The van der Waals surface area contributed by atoms with Gasteiger partial charge in [-0.15, -0.1) is 0 Å². The standard InChI is InChI=1S/C9H10BrClO4S/c1-14-9-6-7(10)2-3-8(9)15-4-5-16(11,12)13/h2-3,6H,4-5H2,1H3. The van der Waals surface area contributed by atoms with Gasteiger partial charge < -0.3 is 9.47 Å². The van der Waals surface area contributed by atoms with Crippen molar-refractivity contribution >= 4 is 35.7 Å². The molecule has 7 heteroatoms. The fourth-order valence-corrected chi connectivity index (χ4v) is 1.82. The van der Waals surface area contributed by atoms with Gasteiger partial charge in [-0.05, 0) is 18.2 Å². The van der Waals surface area contributed by atoms with Gasteiger partial charge in [-0.2, -0.15) is 0 Å². The first-order valence-corrected chi connectivity index (χ1v) is 7.58. The molecule has 0 heterocycles. The van der Waals surface area contributed by atoms with E-state index in [2.05, 4.69) is 15.9 Å². The average Bonchev–Trinajstić information content (AvgIpc) is 2.18. The van der Waals surface area contributed by atoms with E-state index in [1.54, 1.807) is 18.2 Å². The summed E-state index contributed by atoms with van der Waals surface area (Å²) in [6.07, 6.45) is 0. The molecular weight excluding hydrogens is 320 g/mol. The average molecular weight is 330 g/mol. The lowest BCUT2D eigenvalue weighted by molar-refractivity contribution is 0.312. The molecule has 0 atom stereocenters. The van der Waals surface area contributed by atoms with Gasteiger partial charge in [0.25, 0.3) is 0 Å². The lowest BCUT2D eigenvalue weighted by Gasteiger charge is -2.09. The summed E-state index contributed by atoms with van der Waals surface area (Å²) in [5, 5.41) is 0. The van der Waals surface area contributed by atoms with Crippen LogP contribution in [0.4, 0.5) is 0 Å². The van der Waals surface area contributed by atoms with Crippen LogP contribution in [0.3, 0.4) is 0 Å². The number of benzene rings is 1. The van der Waals surface area contributed by atoms with Gasteiger partial charge in [-0.1, -0.05) is 15.9 Å². The van der Waals surface area contributed by atoms with Gasteiger partial charge in [-0.3, -0.25) is 0 Å². The van der Waals surface area contributed by atoms with Crippen molar-refractivity contribution in [3.63, 3.8) is 0 Å². The van der Waals surface area contributed by atoms with Gasteiger partial charge in [0, 0.05) is 15.2 Å². The molecule has 0 saturated heterocycles. The Morgan fingerprint density at radius 2 is 2.06 bits per heavy atom. The van der Waals surface area contributed by atoms with E-state index in [4.69, 9.17) is 20.2 Å². The molecule has 16 heavy (non-hydrogen) atoms. The molecule has 1 aromatic carbocycles. The number of methoxy groups -OCH3 is 1. The Morgan fingerprint density at radius 1 is 1.38 bits per heavy atom. The Morgan fingerprint density at radius 3 is 2.62 bits per heavy atom. The van der Waals surface area contributed by atoms with Crippen LogP contribution >= 0.6 is 26.6 Å². The van der Waals surface area contributed by atoms with E-state index in [9.17, 15) is 8.42 Å². The highest BCUT2D eigenvalue weighted by Gasteiger charge is 2.08. The largest absolute Gasteiger partial charge is 0.493 e. The van der Waals surface area contributed by atoms with Crippen molar-refractivity contribution in [1.82, 2.24) is 0 Å². The van der Waals surface area contributed by atoms with Crippen molar-refractivity contribution in [2.45, 2.75) is 0 Å². The summed E-state index contributed by atoms with van der Waals surface area (Å²) in [6.45, 7) is -0.0101. The fraction of sp³-hybridized carbons (Fsp3) is 0.333. The molecule has 0 bridgehead atoms. The molecule has 0 aliphatic carbocycles. The molecule has 0 saturated carbocycles. The predicted octanol–water partition coefficient (Wildman–Crippen LogP) is 2.41. The number of ether oxygens (including phenoxy) is 2. The minimum atomic E-state index is -3.52. The maximum absolute atomic E-state index is 10.7. The number of rotatable bonds is 5. The molecule has 0 aliphatic rings. The third kappa shape index (κ3) is 4.59. The van der Waals surface area contributed by atoms with Crippen LogP contribution in [0.5, 0.6) is 11.5 Å². The summed E-state index contributed by atoms with van der Waals surface area (Å²) < 4.78 is 32.5. The van der Waals surface area contributed by atoms with Crippen LogP contribution in [0, 0.1) is 0 Å². The highest BCUT2D eigenvalue weighted by atomic mass is 79.9. The van der Waals surface area contributed by atoms with Crippen molar-refractivity contribution in [1.29, 1.82) is 0 Å². The van der Waals surface area contributed by atoms with Crippen LogP contribution in [0.15, 0.2) is 22.7 Å². The van der Waals surface area contributed by atoms with E-state index in [0.717, 1.165) is 4.47 Å². The topological polar surface area (TPSA) is 52.6 Å². The molecule has 4 nitrogen and oxygen atoms in total.